The van der Waals surface area contributed by atoms with Crippen LogP contribution in [0.1, 0.15) is 52.9 Å². The Morgan fingerprint density at radius 2 is 2.00 bits per heavy atom. The molecule has 0 aromatic carbocycles. The van der Waals surface area contributed by atoms with Crippen molar-refractivity contribution in [2.24, 2.45) is 5.92 Å². The zero-order chi connectivity index (χ0) is 11.3. The van der Waals surface area contributed by atoms with Crippen LogP contribution in [-0.4, -0.2) is 24.0 Å². The summed E-state index contributed by atoms with van der Waals surface area (Å²) in [5, 5.41) is 0. The van der Waals surface area contributed by atoms with Gasteiger partial charge in [-0.3, -0.25) is 0 Å². The first-order valence-corrected chi connectivity index (χ1v) is 6.56. The zero-order valence-corrected chi connectivity index (χ0v) is 10.8. The molecule has 1 heteroatoms. The third-order valence-electron chi connectivity index (χ3n) is 3.34. The van der Waals surface area contributed by atoms with Crippen molar-refractivity contribution in [2.45, 2.75) is 58.9 Å². The third kappa shape index (κ3) is 4.83. The highest BCUT2D eigenvalue weighted by molar-refractivity contribution is 5.07. The van der Waals surface area contributed by atoms with Gasteiger partial charge in [0.05, 0.1) is 0 Å². The molecule has 0 aliphatic heterocycles. The zero-order valence-electron chi connectivity index (χ0n) is 10.8. The number of allylic oxidation sites excluding steroid dienone is 1. The van der Waals surface area contributed by atoms with Crippen molar-refractivity contribution >= 4 is 0 Å². The molecule has 0 aromatic rings. The maximum absolute atomic E-state index is 4.19. The highest BCUT2D eigenvalue weighted by atomic mass is 15.1. The molecule has 1 nitrogen and oxygen atoms in total. The van der Waals surface area contributed by atoms with Gasteiger partial charge in [-0.2, -0.15) is 0 Å². The first-order valence-electron chi connectivity index (χ1n) is 6.56. The van der Waals surface area contributed by atoms with E-state index in [1.807, 2.05) is 0 Å². The van der Waals surface area contributed by atoms with Gasteiger partial charge < -0.3 is 4.90 Å². The molecule has 0 N–H and O–H groups in total. The fraction of sp³-hybridized carbons (Fsp3) is 0.857. The lowest BCUT2D eigenvalue weighted by Gasteiger charge is -2.25. The molecule has 0 aromatic heterocycles. The van der Waals surface area contributed by atoms with E-state index in [1.54, 1.807) is 0 Å². The lowest BCUT2D eigenvalue weighted by molar-refractivity contribution is 0.219. The molecule has 0 spiro atoms. The molecule has 1 aliphatic rings. The summed E-state index contributed by atoms with van der Waals surface area (Å²) in [4.78, 5) is 2.58. The fourth-order valence-corrected chi connectivity index (χ4v) is 2.12. The Bertz CT molecular complexity index is 192. The fourth-order valence-electron chi connectivity index (χ4n) is 2.12. The van der Waals surface area contributed by atoms with Crippen LogP contribution in [0.3, 0.4) is 0 Å². The van der Waals surface area contributed by atoms with Crippen molar-refractivity contribution in [3.8, 4) is 0 Å². The quantitative estimate of drug-likeness (QED) is 0.549. The minimum atomic E-state index is 0.694. The summed E-state index contributed by atoms with van der Waals surface area (Å²) >= 11 is 0. The molecule has 0 heterocycles. The van der Waals surface area contributed by atoms with Crippen LogP contribution in [0.5, 0.6) is 0 Å². The van der Waals surface area contributed by atoms with Gasteiger partial charge in [0.25, 0.3) is 0 Å². The predicted octanol–water partition coefficient (Wildman–Crippen LogP) is 3.85. The molecule has 1 saturated carbocycles. The van der Waals surface area contributed by atoms with Crippen LogP contribution in [0, 0.1) is 5.92 Å². The molecular weight excluding hydrogens is 182 g/mol. The second kappa shape index (κ2) is 6.32. The topological polar surface area (TPSA) is 3.24 Å². The summed E-state index contributed by atoms with van der Waals surface area (Å²) in [6.45, 7) is 13.5. The van der Waals surface area contributed by atoms with Gasteiger partial charge in [-0.05, 0) is 65.0 Å². The smallest absolute Gasteiger partial charge is 0.00385 e. The van der Waals surface area contributed by atoms with E-state index in [0.717, 1.165) is 5.92 Å². The molecule has 88 valence electrons. The molecule has 0 atom stereocenters. The van der Waals surface area contributed by atoms with E-state index in [1.165, 1.54) is 50.8 Å². The largest absolute Gasteiger partial charge is 0.301 e. The Labute approximate surface area is 95.5 Å². The molecule has 1 aliphatic carbocycles. The van der Waals surface area contributed by atoms with Crippen molar-refractivity contribution in [3.63, 3.8) is 0 Å². The summed E-state index contributed by atoms with van der Waals surface area (Å²) in [6.07, 6.45) is 6.62. The second-order valence-electron chi connectivity index (χ2n) is 5.17. The van der Waals surface area contributed by atoms with E-state index in [4.69, 9.17) is 0 Å². The number of hydrogen-bond acceptors (Lipinski definition) is 1. The maximum atomic E-state index is 4.19. The van der Waals surface area contributed by atoms with Gasteiger partial charge in [-0.1, -0.05) is 19.1 Å². The average Bonchev–Trinajstić information content (AvgIpc) is 2.99. The van der Waals surface area contributed by atoms with E-state index in [9.17, 15) is 0 Å². The Morgan fingerprint density at radius 1 is 1.33 bits per heavy atom. The number of rotatable bonds is 8. The molecule has 1 fully saturated rings. The summed E-state index contributed by atoms with van der Waals surface area (Å²) < 4.78 is 0. The van der Waals surface area contributed by atoms with Crippen LogP contribution in [0.4, 0.5) is 0 Å². The Kier molecular flexibility index (Phi) is 5.38. The minimum absolute atomic E-state index is 0.694. The molecule has 15 heavy (non-hydrogen) atoms. The normalized spacial score (nSPS) is 16.3. The molecule has 0 radical (unpaired) electrons. The first-order chi connectivity index (χ1) is 7.15. The summed E-state index contributed by atoms with van der Waals surface area (Å²) in [6, 6.07) is 0.694. The molecule has 0 unspecified atom stereocenters. The van der Waals surface area contributed by atoms with Crippen LogP contribution < -0.4 is 0 Å². The number of hydrogen-bond donors (Lipinski definition) is 0. The van der Waals surface area contributed by atoms with Crippen LogP contribution in [-0.2, 0) is 0 Å². The number of nitrogens with zero attached hydrogens (tertiary/aromatic N) is 1. The van der Waals surface area contributed by atoms with Crippen LogP contribution >= 0.6 is 0 Å². The third-order valence-corrected chi connectivity index (χ3v) is 3.34. The van der Waals surface area contributed by atoms with Gasteiger partial charge in [-0.25, -0.2) is 0 Å². The Balaban J connectivity index is 2.12. The highest BCUT2D eigenvalue weighted by Crippen LogP contribution is 2.37. The summed E-state index contributed by atoms with van der Waals surface area (Å²) in [5.74, 6) is 0.892. The van der Waals surface area contributed by atoms with Crippen molar-refractivity contribution in [1.82, 2.24) is 4.90 Å². The predicted molar refractivity (Wildman–Crippen MR) is 68.1 cm³/mol. The second-order valence-corrected chi connectivity index (χ2v) is 5.17. The Morgan fingerprint density at radius 3 is 2.47 bits per heavy atom. The maximum Gasteiger partial charge on any atom is 0.00385 e. The van der Waals surface area contributed by atoms with Crippen LogP contribution in [0.25, 0.3) is 0 Å². The van der Waals surface area contributed by atoms with Crippen molar-refractivity contribution in [2.75, 3.05) is 13.1 Å². The average molecular weight is 209 g/mol. The monoisotopic (exact) mass is 209 g/mol. The summed E-state index contributed by atoms with van der Waals surface area (Å²) in [5.41, 5.74) is 1.51. The van der Waals surface area contributed by atoms with E-state index in [0.29, 0.717) is 6.04 Å². The van der Waals surface area contributed by atoms with Crippen molar-refractivity contribution < 1.29 is 0 Å². The first kappa shape index (κ1) is 12.8. The molecular formula is C14H27N. The molecule has 0 bridgehead atoms. The lowest BCUT2D eigenvalue weighted by atomic mass is 10.1. The van der Waals surface area contributed by atoms with Gasteiger partial charge in [0, 0.05) is 6.04 Å². The lowest BCUT2D eigenvalue weighted by Crippen LogP contribution is -2.32. The van der Waals surface area contributed by atoms with E-state index in [2.05, 4.69) is 32.3 Å². The summed E-state index contributed by atoms with van der Waals surface area (Å²) in [7, 11) is 0. The molecule has 1 rings (SSSR count). The molecule has 0 amide bonds. The van der Waals surface area contributed by atoms with E-state index in [-0.39, 0.29) is 0 Å². The van der Waals surface area contributed by atoms with Crippen molar-refractivity contribution in [3.05, 3.63) is 12.2 Å². The van der Waals surface area contributed by atoms with Gasteiger partial charge in [0.2, 0.25) is 0 Å². The van der Waals surface area contributed by atoms with Crippen molar-refractivity contribution in [1.29, 1.82) is 0 Å². The van der Waals surface area contributed by atoms with E-state index >= 15 is 0 Å². The van der Waals surface area contributed by atoms with Crippen LogP contribution in [0.2, 0.25) is 0 Å². The van der Waals surface area contributed by atoms with E-state index < -0.39 is 0 Å². The van der Waals surface area contributed by atoms with Gasteiger partial charge >= 0.3 is 0 Å². The SMILES string of the molecule is C=C(CCCN(CCC)C(C)C)C1CC1. The standard InChI is InChI=1S/C14H27N/c1-5-10-15(12(2)3)11-6-7-13(4)14-8-9-14/h12,14H,4-11H2,1-3H3. The Hall–Kier alpha value is -0.300. The minimum Gasteiger partial charge on any atom is -0.301 e. The van der Waals surface area contributed by atoms with Crippen LogP contribution in [0.15, 0.2) is 12.2 Å². The van der Waals surface area contributed by atoms with Gasteiger partial charge in [0.15, 0.2) is 0 Å². The molecule has 0 saturated heterocycles. The van der Waals surface area contributed by atoms with Gasteiger partial charge in [0.1, 0.15) is 0 Å². The van der Waals surface area contributed by atoms with Gasteiger partial charge in [-0.15, -0.1) is 0 Å². The highest BCUT2D eigenvalue weighted by Gasteiger charge is 2.23.